The first-order valence-corrected chi connectivity index (χ1v) is 8.21. The van der Waals surface area contributed by atoms with Gasteiger partial charge in [-0.15, -0.1) is 0 Å². The van der Waals surface area contributed by atoms with Gasteiger partial charge in [-0.2, -0.15) is 26.3 Å². The van der Waals surface area contributed by atoms with Crippen LogP contribution < -0.4 is 0 Å². The Hall–Kier alpha value is -2.24. The van der Waals surface area contributed by atoms with Crippen molar-refractivity contribution in [1.82, 2.24) is 0 Å². The van der Waals surface area contributed by atoms with E-state index in [9.17, 15) is 26.3 Å². The normalized spacial score (nSPS) is 14.3. The number of hydrogen-bond donors (Lipinski definition) is 0. The van der Waals surface area contributed by atoms with Crippen LogP contribution in [0.5, 0.6) is 0 Å². The van der Waals surface area contributed by atoms with E-state index < -0.39 is 23.5 Å². The molecule has 0 amide bonds. The summed E-state index contributed by atoms with van der Waals surface area (Å²) in [5, 5.41) is 0. The summed E-state index contributed by atoms with van der Waals surface area (Å²) in [6, 6.07) is 6.83. The zero-order valence-electron chi connectivity index (χ0n) is 13.9. The highest BCUT2D eigenvalue weighted by atomic mass is 19.4. The zero-order valence-corrected chi connectivity index (χ0v) is 13.9. The van der Waals surface area contributed by atoms with Gasteiger partial charge < -0.3 is 0 Å². The van der Waals surface area contributed by atoms with Gasteiger partial charge in [-0.25, -0.2) is 0 Å². The van der Waals surface area contributed by atoms with Crippen molar-refractivity contribution in [3.8, 4) is 11.1 Å². The van der Waals surface area contributed by atoms with Gasteiger partial charge in [0.1, 0.15) is 0 Å². The summed E-state index contributed by atoms with van der Waals surface area (Å²) in [5.74, 6) is 0. The Balaban J connectivity index is 2.18. The average molecular weight is 370 g/mol. The predicted octanol–water partition coefficient (Wildman–Crippen LogP) is 7.13. The Morgan fingerprint density at radius 3 is 2.04 bits per heavy atom. The molecule has 0 aromatic heterocycles. The Morgan fingerprint density at radius 1 is 0.885 bits per heavy atom. The van der Waals surface area contributed by atoms with E-state index in [1.807, 2.05) is 19.1 Å². The highest BCUT2D eigenvalue weighted by molar-refractivity contribution is 5.81. The van der Waals surface area contributed by atoms with Crippen molar-refractivity contribution in [2.24, 2.45) is 0 Å². The summed E-state index contributed by atoms with van der Waals surface area (Å²) < 4.78 is 78.7. The molecule has 0 radical (unpaired) electrons. The van der Waals surface area contributed by atoms with Gasteiger partial charge in [0.15, 0.2) is 0 Å². The van der Waals surface area contributed by atoms with Gasteiger partial charge in [0.25, 0.3) is 0 Å². The molecule has 0 fully saturated rings. The fraction of sp³-hybridized carbons (Fsp3) is 0.300. The predicted molar refractivity (Wildman–Crippen MR) is 88.5 cm³/mol. The van der Waals surface area contributed by atoms with E-state index in [-0.39, 0.29) is 11.6 Å². The molecule has 0 unspecified atom stereocenters. The van der Waals surface area contributed by atoms with Crippen LogP contribution in [-0.4, -0.2) is 0 Å². The van der Waals surface area contributed by atoms with Crippen molar-refractivity contribution in [1.29, 1.82) is 0 Å². The van der Waals surface area contributed by atoms with Crippen LogP contribution in [0.2, 0.25) is 0 Å². The number of hydrogen-bond acceptors (Lipinski definition) is 0. The molecule has 0 saturated carbocycles. The number of alkyl halides is 6. The molecule has 26 heavy (non-hydrogen) atoms. The van der Waals surface area contributed by atoms with Crippen LogP contribution in [0, 0.1) is 0 Å². The van der Waals surface area contributed by atoms with E-state index in [2.05, 4.69) is 0 Å². The van der Waals surface area contributed by atoms with E-state index >= 15 is 0 Å². The fourth-order valence-corrected chi connectivity index (χ4v) is 3.28. The van der Waals surface area contributed by atoms with Gasteiger partial charge in [0.05, 0.1) is 11.1 Å². The molecule has 138 valence electrons. The number of fused-ring (bicyclic) bond motifs is 1. The lowest BCUT2D eigenvalue weighted by atomic mass is 9.94. The molecule has 3 rings (SSSR count). The molecule has 0 spiro atoms. The largest absolute Gasteiger partial charge is 0.416 e. The van der Waals surface area contributed by atoms with Gasteiger partial charge in [-0.3, -0.25) is 0 Å². The summed E-state index contributed by atoms with van der Waals surface area (Å²) in [6.07, 6.45) is -5.35. The monoisotopic (exact) mass is 370 g/mol. The number of allylic oxidation sites excluding steroid dienone is 1. The maximum Gasteiger partial charge on any atom is 0.416 e. The highest BCUT2D eigenvalue weighted by Crippen LogP contribution is 2.41. The number of rotatable bonds is 3. The topological polar surface area (TPSA) is 0 Å². The second-order valence-corrected chi connectivity index (χ2v) is 6.40. The van der Waals surface area contributed by atoms with E-state index in [0.29, 0.717) is 17.5 Å². The minimum absolute atomic E-state index is 0.0713. The summed E-state index contributed by atoms with van der Waals surface area (Å²) in [7, 11) is 0. The lowest BCUT2D eigenvalue weighted by Gasteiger charge is -2.15. The van der Waals surface area contributed by atoms with Crippen molar-refractivity contribution < 1.29 is 26.3 Å². The molecule has 1 aliphatic carbocycles. The molecule has 0 nitrogen and oxygen atoms in total. The average Bonchev–Trinajstić information content (AvgIpc) is 2.95. The molecular weight excluding hydrogens is 354 g/mol. The Bertz CT molecular complexity index is 823. The lowest BCUT2D eigenvalue weighted by molar-refractivity contribution is -0.143. The van der Waals surface area contributed by atoms with Gasteiger partial charge in [0, 0.05) is 0 Å². The van der Waals surface area contributed by atoms with Crippen molar-refractivity contribution in [2.45, 2.75) is 38.5 Å². The van der Waals surface area contributed by atoms with Crippen LogP contribution in [0.3, 0.4) is 0 Å². The molecular formula is C20H16F6. The van der Waals surface area contributed by atoms with Gasteiger partial charge in [-0.1, -0.05) is 43.2 Å². The summed E-state index contributed by atoms with van der Waals surface area (Å²) >= 11 is 0. The maximum atomic E-state index is 13.1. The minimum Gasteiger partial charge on any atom is -0.166 e. The summed E-state index contributed by atoms with van der Waals surface area (Å²) in [5.41, 5.74) is 0.507. The van der Waals surface area contributed by atoms with Crippen LogP contribution in [0.4, 0.5) is 26.3 Å². The van der Waals surface area contributed by atoms with Gasteiger partial charge in [-0.05, 0) is 53.3 Å². The molecule has 2 aromatic carbocycles. The maximum absolute atomic E-state index is 13.1. The van der Waals surface area contributed by atoms with Crippen molar-refractivity contribution in [2.75, 3.05) is 0 Å². The Kier molecular flexibility index (Phi) is 4.63. The van der Waals surface area contributed by atoms with E-state index in [1.54, 1.807) is 12.1 Å². The molecule has 6 heteroatoms. The zero-order chi connectivity index (χ0) is 19.1. The molecule has 0 saturated heterocycles. The second-order valence-electron chi connectivity index (χ2n) is 6.40. The molecule has 1 aliphatic rings. The van der Waals surface area contributed by atoms with Crippen LogP contribution in [-0.2, 0) is 18.8 Å². The van der Waals surface area contributed by atoms with Crippen molar-refractivity contribution in [3.63, 3.8) is 0 Å². The lowest BCUT2D eigenvalue weighted by Crippen LogP contribution is -2.11. The molecule has 0 heterocycles. The van der Waals surface area contributed by atoms with Crippen LogP contribution in [0.1, 0.15) is 42.0 Å². The first-order valence-electron chi connectivity index (χ1n) is 8.21. The Labute approximate surface area is 147 Å². The van der Waals surface area contributed by atoms with Crippen LogP contribution in [0.25, 0.3) is 17.2 Å². The van der Waals surface area contributed by atoms with Crippen molar-refractivity contribution >= 4 is 6.08 Å². The second kappa shape index (κ2) is 6.49. The third-order valence-electron chi connectivity index (χ3n) is 4.43. The molecule has 0 aliphatic heterocycles. The van der Waals surface area contributed by atoms with Gasteiger partial charge >= 0.3 is 12.4 Å². The first kappa shape index (κ1) is 18.5. The van der Waals surface area contributed by atoms with Crippen LogP contribution >= 0.6 is 0 Å². The number of benzene rings is 2. The fourth-order valence-electron chi connectivity index (χ4n) is 3.28. The Morgan fingerprint density at radius 2 is 1.50 bits per heavy atom. The quantitative estimate of drug-likeness (QED) is 0.504. The minimum atomic E-state index is -4.85. The molecule has 2 aromatic rings. The standard InChI is InChI=1S/C20H16F6/c1-2-4-12-7-13-5-3-6-17(18(13)8-12)14-9-15(19(21,22)23)11-16(10-14)20(24,25)26/h3,5-6,8-11H,2,4,7H2,1H3. The third kappa shape index (κ3) is 3.64. The molecule has 0 atom stereocenters. The molecule has 0 bridgehead atoms. The van der Waals surface area contributed by atoms with E-state index in [0.717, 1.165) is 36.1 Å². The first-order chi connectivity index (χ1) is 12.1. The van der Waals surface area contributed by atoms with Crippen molar-refractivity contribution in [3.05, 3.63) is 64.2 Å². The van der Waals surface area contributed by atoms with E-state index in [4.69, 9.17) is 0 Å². The van der Waals surface area contributed by atoms with E-state index in [1.165, 1.54) is 0 Å². The smallest absolute Gasteiger partial charge is 0.166 e. The number of halogens is 6. The van der Waals surface area contributed by atoms with Crippen LogP contribution in [0.15, 0.2) is 42.0 Å². The third-order valence-corrected chi connectivity index (χ3v) is 4.43. The SMILES string of the molecule is CCCC1=Cc2c(cccc2-c2cc(C(F)(F)F)cc(C(F)(F)F)c2)C1. The molecule has 0 N–H and O–H groups in total. The summed E-state index contributed by atoms with van der Waals surface area (Å²) in [4.78, 5) is 0. The summed E-state index contributed by atoms with van der Waals surface area (Å²) in [6.45, 7) is 2.02. The van der Waals surface area contributed by atoms with Gasteiger partial charge in [0.2, 0.25) is 0 Å². The highest BCUT2D eigenvalue weighted by Gasteiger charge is 2.37.